The van der Waals surface area contributed by atoms with Crippen LogP contribution in [0.1, 0.15) is 46.0 Å². The molecule has 2 rings (SSSR count). The van der Waals surface area contributed by atoms with Crippen molar-refractivity contribution in [3.8, 4) is 0 Å². The van der Waals surface area contributed by atoms with Crippen LogP contribution in [0.4, 0.5) is 0 Å². The highest BCUT2D eigenvalue weighted by molar-refractivity contribution is 5.15. The maximum absolute atomic E-state index is 6.37. The van der Waals surface area contributed by atoms with Crippen molar-refractivity contribution in [3.63, 3.8) is 0 Å². The van der Waals surface area contributed by atoms with Crippen LogP contribution in [0.3, 0.4) is 0 Å². The molecule has 3 heteroatoms. The first-order chi connectivity index (χ1) is 7.99. The van der Waals surface area contributed by atoms with Gasteiger partial charge in [0, 0.05) is 13.5 Å². The lowest BCUT2D eigenvalue weighted by Gasteiger charge is -2.45. The van der Waals surface area contributed by atoms with E-state index in [4.69, 9.17) is 15.2 Å². The molecule has 0 amide bonds. The molecule has 1 aliphatic heterocycles. The van der Waals surface area contributed by atoms with Gasteiger partial charge in [0.25, 0.3) is 0 Å². The third-order valence-corrected chi connectivity index (χ3v) is 4.46. The second-order valence-corrected chi connectivity index (χ2v) is 6.15. The SMILES string of the molecule is COC1(C(N)C2=CCCO2)CCC(C)(C)CC1. The summed E-state index contributed by atoms with van der Waals surface area (Å²) in [6, 6.07) is -0.105. The predicted octanol–water partition coefficient (Wildman–Crippen LogP) is 2.60. The van der Waals surface area contributed by atoms with E-state index in [1.54, 1.807) is 7.11 Å². The first-order valence-electron chi connectivity index (χ1n) is 6.63. The molecule has 1 aliphatic carbocycles. The zero-order valence-electron chi connectivity index (χ0n) is 11.3. The first-order valence-corrected chi connectivity index (χ1v) is 6.63. The number of nitrogens with two attached hydrogens (primary N) is 1. The van der Waals surface area contributed by atoms with Crippen LogP contribution in [-0.2, 0) is 9.47 Å². The molecular formula is C14H25NO2. The van der Waals surface area contributed by atoms with E-state index in [0.29, 0.717) is 5.41 Å². The second-order valence-electron chi connectivity index (χ2n) is 6.15. The summed E-state index contributed by atoms with van der Waals surface area (Å²) in [6.45, 7) is 5.42. The molecule has 0 spiro atoms. The molecule has 1 unspecified atom stereocenters. The van der Waals surface area contributed by atoms with Gasteiger partial charge in [-0.15, -0.1) is 0 Å². The lowest BCUT2D eigenvalue weighted by Crippen LogP contribution is -2.53. The van der Waals surface area contributed by atoms with Gasteiger partial charge in [0.2, 0.25) is 0 Å². The molecule has 0 aromatic rings. The average molecular weight is 239 g/mol. The zero-order chi connectivity index (χ0) is 12.5. The standard InChI is InChI=1S/C14H25NO2/c1-13(2)6-8-14(16-3,9-7-13)12(15)11-5-4-10-17-11/h5,12H,4,6-10,15H2,1-3H3. The van der Waals surface area contributed by atoms with Crippen molar-refractivity contribution in [1.82, 2.24) is 0 Å². The van der Waals surface area contributed by atoms with Gasteiger partial charge in [-0.1, -0.05) is 13.8 Å². The summed E-state index contributed by atoms with van der Waals surface area (Å²) in [5.74, 6) is 0.937. The van der Waals surface area contributed by atoms with E-state index in [1.807, 2.05) is 0 Å². The number of hydrogen-bond donors (Lipinski definition) is 1. The molecule has 1 heterocycles. The summed E-state index contributed by atoms with van der Waals surface area (Å²) in [6.07, 6.45) is 7.49. The Balaban J connectivity index is 2.09. The number of rotatable bonds is 3. The minimum Gasteiger partial charge on any atom is -0.496 e. The molecule has 0 aromatic carbocycles. The summed E-state index contributed by atoms with van der Waals surface area (Å²) >= 11 is 0. The van der Waals surface area contributed by atoms with Gasteiger partial charge in [0.05, 0.1) is 18.2 Å². The van der Waals surface area contributed by atoms with Crippen molar-refractivity contribution in [2.45, 2.75) is 57.6 Å². The molecule has 98 valence electrons. The van der Waals surface area contributed by atoms with Crippen LogP contribution in [0.25, 0.3) is 0 Å². The van der Waals surface area contributed by atoms with E-state index >= 15 is 0 Å². The van der Waals surface area contributed by atoms with E-state index in [0.717, 1.165) is 31.6 Å². The lowest BCUT2D eigenvalue weighted by molar-refractivity contribution is -0.0789. The molecular weight excluding hydrogens is 214 g/mol. The van der Waals surface area contributed by atoms with Gasteiger partial charge in [-0.3, -0.25) is 0 Å². The largest absolute Gasteiger partial charge is 0.496 e. The van der Waals surface area contributed by atoms with E-state index in [1.165, 1.54) is 12.8 Å². The van der Waals surface area contributed by atoms with Crippen LogP contribution in [-0.4, -0.2) is 25.4 Å². The fourth-order valence-electron chi connectivity index (χ4n) is 2.90. The van der Waals surface area contributed by atoms with Crippen LogP contribution < -0.4 is 5.73 Å². The summed E-state index contributed by atoms with van der Waals surface area (Å²) in [5, 5.41) is 0. The van der Waals surface area contributed by atoms with E-state index in [2.05, 4.69) is 19.9 Å². The first kappa shape index (κ1) is 12.9. The Labute approximate surface area is 104 Å². The minimum atomic E-state index is -0.217. The fourth-order valence-corrected chi connectivity index (χ4v) is 2.90. The van der Waals surface area contributed by atoms with E-state index in [9.17, 15) is 0 Å². The van der Waals surface area contributed by atoms with Crippen molar-refractivity contribution in [1.29, 1.82) is 0 Å². The number of methoxy groups -OCH3 is 1. The van der Waals surface area contributed by atoms with Gasteiger partial charge in [-0.2, -0.15) is 0 Å². The fraction of sp³-hybridized carbons (Fsp3) is 0.857. The van der Waals surface area contributed by atoms with Gasteiger partial charge in [-0.05, 0) is 37.2 Å². The number of ether oxygens (including phenoxy) is 2. The van der Waals surface area contributed by atoms with Gasteiger partial charge in [0.15, 0.2) is 0 Å². The van der Waals surface area contributed by atoms with Gasteiger partial charge >= 0.3 is 0 Å². The highest BCUT2D eigenvalue weighted by Gasteiger charge is 2.45. The van der Waals surface area contributed by atoms with Crippen molar-refractivity contribution in [3.05, 3.63) is 11.8 Å². The Morgan fingerprint density at radius 3 is 2.41 bits per heavy atom. The Bertz CT molecular complexity index is 299. The maximum Gasteiger partial charge on any atom is 0.112 e. The molecule has 1 saturated carbocycles. The molecule has 0 aromatic heterocycles. The van der Waals surface area contributed by atoms with Crippen LogP contribution in [0.5, 0.6) is 0 Å². The molecule has 1 fully saturated rings. The van der Waals surface area contributed by atoms with Crippen molar-refractivity contribution in [2.24, 2.45) is 11.1 Å². The van der Waals surface area contributed by atoms with E-state index < -0.39 is 0 Å². The summed E-state index contributed by atoms with van der Waals surface area (Å²) in [4.78, 5) is 0. The van der Waals surface area contributed by atoms with Crippen LogP contribution in [0.15, 0.2) is 11.8 Å². The van der Waals surface area contributed by atoms with Gasteiger partial charge < -0.3 is 15.2 Å². The van der Waals surface area contributed by atoms with Gasteiger partial charge in [0.1, 0.15) is 5.76 Å². The minimum absolute atomic E-state index is 0.105. The Kier molecular flexibility index (Phi) is 3.50. The third kappa shape index (κ3) is 2.50. The molecule has 3 nitrogen and oxygen atoms in total. The van der Waals surface area contributed by atoms with Crippen molar-refractivity contribution in [2.75, 3.05) is 13.7 Å². The molecule has 0 radical (unpaired) electrons. The van der Waals surface area contributed by atoms with Crippen molar-refractivity contribution >= 4 is 0 Å². The van der Waals surface area contributed by atoms with Crippen LogP contribution in [0.2, 0.25) is 0 Å². The Hall–Kier alpha value is -0.540. The zero-order valence-corrected chi connectivity index (χ0v) is 11.3. The Morgan fingerprint density at radius 2 is 1.94 bits per heavy atom. The maximum atomic E-state index is 6.37. The van der Waals surface area contributed by atoms with E-state index in [-0.39, 0.29) is 11.6 Å². The van der Waals surface area contributed by atoms with Crippen LogP contribution >= 0.6 is 0 Å². The summed E-state index contributed by atoms with van der Waals surface area (Å²) in [5.41, 5.74) is 6.58. The number of hydrogen-bond acceptors (Lipinski definition) is 3. The highest BCUT2D eigenvalue weighted by atomic mass is 16.5. The normalized spacial score (nSPS) is 28.4. The summed E-state index contributed by atoms with van der Waals surface area (Å²) < 4.78 is 11.4. The lowest BCUT2D eigenvalue weighted by atomic mass is 9.68. The molecule has 0 bridgehead atoms. The summed E-state index contributed by atoms with van der Waals surface area (Å²) in [7, 11) is 1.79. The molecule has 2 aliphatic rings. The predicted molar refractivity (Wildman–Crippen MR) is 68.6 cm³/mol. The van der Waals surface area contributed by atoms with Gasteiger partial charge in [-0.25, -0.2) is 0 Å². The Morgan fingerprint density at radius 1 is 1.29 bits per heavy atom. The third-order valence-electron chi connectivity index (χ3n) is 4.46. The second kappa shape index (κ2) is 4.62. The van der Waals surface area contributed by atoms with Crippen LogP contribution in [0, 0.1) is 5.41 Å². The average Bonchev–Trinajstić information content (AvgIpc) is 2.82. The molecule has 0 saturated heterocycles. The topological polar surface area (TPSA) is 44.5 Å². The highest BCUT2D eigenvalue weighted by Crippen LogP contribution is 2.44. The monoisotopic (exact) mass is 239 g/mol. The van der Waals surface area contributed by atoms with Crippen molar-refractivity contribution < 1.29 is 9.47 Å². The molecule has 17 heavy (non-hydrogen) atoms. The molecule has 2 N–H and O–H groups in total. The molecule has 1 atom stereocenters. The smallest absolute Gasteiger partial charge is 0.112 e. The quantitative estimate of drug-likeness (QED) is 0.823.